The Kier molecular flexibility index (Phi) is 5.76. The number of nitrogens with zero attached hydrogens (tertiary/aromatic N) is 3. The Morgan fingerprint density at radius 3 is 2.79 bits per heavy atom. The third-order valence-corrected chi connectivity index (χ3v) is 6.89. The minimum Gasteiger partial charge on any atom is -0.496 e. The Morgan fingerprint density at radius 1 is 1.29 bits per heavy atom. The van der Waals surface area contributed by atoms with Crippen LogP contribution in [0.25, 0.3) is 17.2 Å². The number of fused-ring (bicyclic) bond motifs is 3. The van der Waals surface area contributed by atoms with E-state index in [1.807, 2.05) is 23.2 Å². The average Bonchev–Trinajstić information content (AvgIpc) is 3.45. The highest BCUT2D eigenvalue weighted by molar-refractivity contribution is 5.95. The van der Waals surface area contributed by atoms with Crippen molar-refractivity contribution in [3.05, 3.63) is 53.0 Å². The maximum Gasteiger partial charge on any atom is 0.274 e. The van der Waals surface area contributed by atoms with Crippen LogP contribution in [0.3, 0.4) is 0 Å². The van der Waals surface area contributed by atoms with E-state index in [1.165, 1.54) is 11.1 Å². The molecule has 34 heavy (non-hydrogen) atoms. The van der Waals surface area contributed by atoms with Crippen LogP contribution in [-0.2, 0) is 24.0 Å². The van der Waals surface area contributed by atoms with E-state index in [-0.39, 0.29) is 11.4 Å². The number of nitrogens with one attached hydrogen (secondary N) is 1. The van der Waals surface area contributed by atoms with E-state index in [1.54, 1.807) is 7.11 Å². The molecular weight excluding hydrogens is 428 g/mol. The molecule has 3 aromatic rings. The number of H-pyrrole nitrogens is 1. The molecule has 0 saturated carbocycles. The van der Waals surface area contributed by atoms with E-state index >= 15 is 0 Å². The van der Waals surface area contributed by atoms with Crippen LogP contribution in [0.1, 0.15) is 55.0 Å². The van der Waals surface area contributed by atoms with E-state index in [4.69, 9.17) is 14.5 Å². The number of amides is 1. The van der Waals surface area contributed by atoms with Crippen LogP contribution in [0.2, 0.25) is 0 Å². The molecule has 1 saturated heterocycles. The van der Waals surface area contributed by atoms with Crippen molar-refractivity contribution in [2.75, 3.05) is 26.9 Å². The molecule has 2 aromatic heterocycles. The summed E-state index contributed by atoms with van der Waals surface area (Å²) in [5, 5.41) is 0. The predicted octanol–water partition coefficient (Wildman–Crippen LogP) is 4.42. The molecule has 2 aliphatic heterocycles. The van der Waals surface area contributed by atoms with Crippen LogP contribution in [0.15, 0.2) is 30.5 Å². The Hall–Kier alpha value is -3.06. The number of ether oxygens (including phenoxy) is 2. The highest BCUT2D eigenvalue weighted by atomic mass is 16.5. The van der Waals surface area contributed by atoms with Gasteiger partial charge in [-0.05, 0) is 74.4 Å². The number of imidazole rings is 1. The van der Waals surface area contributed by atoms with Crippen LogP contribution in [0.5, 0.6) is 5.75 Å². The lowest BCUT2D eigenvalue weighted by molar-refractivity contribution is -0.0373. The highest BCUT2D eigenvalue weighted by Gasteiger charge is 2.38. The number of hydrogen-bond acceptors (Lipinski definition) is 4. The second-order valence-electron chi connectivity index (χ2n) is 10.4. The van der Waals surface area contributed by atoms with Crippen molar-refractivity contribution in [2.24, 2.45) is 5.92 Å². The first-order chi connectivity index (χ1) is 16.3. The lowest BCUT2D eigenvalue weighted by Crippen LogP contribution is -2.55. The average molecular weight is 463 g/mol. The maximum absolute atomic E-state index is 13.9. The zero-order valence-electron chi connectivity index (χ0n) is 20.8. The number of rotatable bonds is 5. The van der Waals surface area contributed by atoms with Crippen molar-refractivity contribution in [1.82, 2.24) is 19.4 Å². The lowest BCUT2D eigenvalue weighted by Gasteiger charge is -2.41. The van der Waals surface area contributed by atoms with Gasteiger partial charge in [-0.3, -0.25) is 9.36 Å². The summed E-state index contributed by atoms with van der Waals surface area (Å²) in [4.78, 5) is 24.1. The first kappa shape index (κ1) is 22.7. The molecule has 5 rings (SSSR count). The molecule has 0 aliphatic carbocycles. The lowest BCUT2D eigenvalue weighted by atomic mass is 9.94. The van der Waals surface area contributed by atoms with E-state index < -0.39 is 0 Å². The Labute approximate surface area is 201 Å². The van der Waals surface area contributed by atoms with Crippen LogP contribution in [0, 0.1) is 5.92 Å². The molecule has 180 valence electrons. The number of methoxy groups -OCH3 is 1. The van der Waals surface area contributed by atoms with Gasteiger partial charge in [-0.2, -0.15) is 0 Å². The van der Waals surface area contributed by atoms with Gasteiger partial charge in [-0.1, -0.05) is 13.8 Å². The van der Waals surface area contributed by atoms with Crippen molar-refractivity contribution in [3.8, 4) is 23.0 Å². The molecule has 1 fully saturated rings. The van der Waals surface area contributed by atoms with Gasteiger partial charge in [0.1, 0.15) is 5.75 Å². The molecule has 7 nitrogen and oxygen atoms in total. The molecule has 1 aromatic carbocycles. The fourth-order valence-corrected chi connectivity index (χ4v) is 5.23. The Balaban J connectivity index is 1.69. The summed E-state index contributed by atoms with van der Waals surface area (Å²) >= 11 is 0. The zero-order valence-corrected chi connectivity index (χ0v) is 20.8. The molecule has 1 amide bonds. The molecule has 4 heterocycles. The van der Waals surface area contributed by atoms with E-state index in [0.29, 0.717) is 31.4 Å². The summed E-state index contributed by atoms with van der Waals surface area (Å²) in [7, 11) is 1.74. The standard InChI is InChI=1S/C27H34N4O3/c1-17(2)13-19-14-22-18(15-23(19)33-5)8-9-21-24(26(32)30-11-12-34-16-27(30,3)4)29-25(31(21)22)20-7-6-10-28-20/h6-7,10,14-15,17,28H,8-9,11-13,16H2,1-5H3. The largest absolute Gasteiger partial charge is 0.496 e. The van der Waals surface area contributed by atoms with Gasteiger partial charge in [-0.25, -0.2) is 4.98 Å². The van der Waals surface area contributed by atoms with Gasteiger partial charge in [0.2, 0.25) is 0 Å². The fraction of sp³-hybridized carbons (Fsp3) is 0.481. The zero-order chi connectivity index (χ0) is 24.0. The van der Waals surface area contributed by atoms with Crippen LogP contribution in [0.4, 0.5) is 0 Å². The monoisotopic (exact) mass is 462 g/mol. The van der Waals surface area contributed by atoms with E-state index in [9.17, 15) is 4.79 Å². The van der Waals surface area contributed by atoms with Gasteiger partial charge >= 0.3 is 0 Å². The topological polar surface area (TPSA) is 72.4 Å². The summed E-state index contributed by atoms with van der Waals surface area (Å²) in [6.45, 7) is 10.2. The van der Waals surface area contributed by atoms with Crippen molar-refractivity contribution >= 4 is 5.91 Å². The van der Waals surface area contributed by atoms with E-state index in [2.05, 4.69) is 49.4 Å². The van der Waals surface area contributed by atoms with Gasteiger partial charge in [0, 0.05) is 12.7 Å². The van der Waals surface area contributed by atoms with Crippen LogP contribution >= 0.6 is 0 Å². The Morgan fingerprint density at radius 2 is 2.12 bits per heavy atom. The minimum atomic E-state index is -0.372. The summed E-state index contributed by atoms with van der Waals surface area (Å²) in [6.07, 6.45) is 4.41. The summed E-state index contributed by atoms with van der Waals surface area (Å²) in [5.41, 5.74) is 5.54. The summed E-state index contributed by atoms with van der Waals surface area (Å²) in [6, 6.07) is 8.37. The van der Waals surface area contributed by atoms with Crippen molar-refractivity contribution in [1.29, 1.82) is 0 Å². The number of aryl methyl sites for hydroxylation is 1. The summed E-state index contributed by atoms with van der Waals surface area (Å²) in [5.74, 6) is 2.19. The number of hydrogen-bond donors (Lipinski definition) is 1. The molecule has 0 bridgehead atoms. The quantitative estimate of drug-likeness (QED) is 0.609. The number of carbonyl (C=O) groups is 1. The number of aromatic amines is 1. The van der Waals surface area contributed by atoms with E-state index in [0.717, 1.165) is 47.9 Å². The maximum atomic E-state index is 13.9. The third-order valence-electron chi connectivity index (χ3n) is 6.89. The molecule has 1 N–H and O–H groups in total. The second kappa shape index (κ2) is 8.62. The molecule has 2 aliphatic rings. The number of benzene rings is 1. The first-order valence-corrected chi connectivity index (χ1v) is 12.2. The molecule has 0 unspecified atom stereocenters. The van der Waals surface area contributed by atoms with Gasteiger partial charge in [0.15, 0.2) is 11.5 Å². The van der Waals surface area contributed by atoms with Gasteiger partial charge in [0.25, 0.3) is 5.91 Å². The highest BCUT2D eigenvalue weighted by Crippen LogP contribution is 2.37. The van der Waals surface area contributed by atoms with Crippen LogP contribution < -0.4 is 4.74 Å². The number of carbonyl (C=O) groups excluding carboxylic acids is 1. The van der Waals surface area contributed by atoms with Gasteiger partial charge < -0.3 is 19.4 Å². The first-order valence-electron chi connectivity index (χ1n) is 12.2. The van der Waals surface area contributed by atoms with Gasteiger partial charge in [0.05, 0.1) is 42.9 Å². The predicted molar refractivity (Wildman–Crippen MR) is 132 cm³/mol. The molecular formula is C27H34N4O3. The molecule has 0 radical (unpaired) electrons. The SMILES string of the molecule is COc1cc2c(cc1CC(C)C)-n1c(-c3ccc[nH]3)nc(C(=O)N3CCOCC3(C)C)c1CC2. The van der Waals surface area contributed by atoms with Gasteiger partial charge in [-0.15, -0.1) is 0 Å². The number of aromatic nitrogens is 3. The smallest absolute Gasteiger partial charge is 0.274 e. The fourth-order valence-electron chi connectivity index (χ4n) is 5.23. The number of morpholine rings is 1. The second-order valence-corrected chi connectivity index (χ2v) is 10.4. The third kappa shape index (κ3) is 3.82. The molecule has 0 spiro atoms. The normalized spacial score (nSPS) is 16.9. The minimum absolute atomic E-state index is 0.0192. The van der Waals surface area contributed by atoms with Crippen LogP contribution in [-0.4, -0.2) is 57.7 Å². The molecule has 7 heteroatoms. The van der Waals surface area contributed by atoms with Crippen molar-refractivity contribution in [3.63, 3.8) is 0 Å². The van der Waals surface area contributed by atoms with Crippen molar-refractivity contribution in [2.45, 2.75) is 52.5 Å². The summed E-state index contributed by atoms with van der Waals surface area (Å²) < 4.78 is 13.6. The Bertz CT molecular complexity index is 1210. The molecule has 0 atom stereocenters. The van der Waals surface area contributed by atoms with Crippen molar-refractivity contribution < 1.29 is 14.3 Å².